The Morgan fingerprint density at radius 2 is 2.00 bits per heavy atom. The number of rotatable bonds is 4. The van der Waals surface area contributed by atoms with Gasteiger partial charge in [0.1, 0.15) is 5.52 Å². The highest BCUT2D eigenvalue weighted by atomic mass is 16.5. The van der Waals surface area contributed by atoms with E-state index in [2.05, 4.69) is 14.9 Å². The fourth-order valence-corrected chi connectivity index (χ4v) is 3.68. The second kappa shape index (κ2) is 7.79. The Morgan fingerprint density at radius 1 is 1.13 bits per heavy atom. The fourth-order valence-electron chi connectivity index (χ4n) is 3.68. The van der Waals surface area contributed by atoms with Crippen molar-refractivity contribution in [3.63, 3.8) is 0 Å². The van der Waals surface area contributed by atoms with Crippen LogP contribution in [0.4, 0.5) is 11.7 Å². The molecule has 0 amide bonds. The Balaban J connectivity index is 1.61. The largest absolute Gasteiger partial charge is 0.461 e. The highest BCUT2D eigenvalue weighted by Crippen LogP contribution is 2.31. The Morgan fingerprint density at radius 3 is 2.77 bits per heavy atom. The monoisotopic (exact) mass is 406 g/mol. The van der Waals surface area contributed by atoms with E-state index in [1.807, 2.05) is 47.5 Å². The molecule has 8 nitrogen and oxygen atoms in total. The number of fused-ring (bicyclic) bond motifs is 2. The second-order valence-corrected chi connectivity index (χ2v) is 7.11. The molecule has 2 aliphatic rings. The van der Waals surface area contributed by atoms with Gasteiger partial charge < -0.3 is 23.7 Å². The zero-order valence-corrected chi connectivity index (χ0v) is 16.7. The summed E-state index contributed by atoms with van der Waals surface area (Å²) in [7, 11) is 0. The number of esters is 1. The number of aromatic nitrogens is 2. The molecule has 1 aromatic carbocycles. The molecule has 0 bridgehead atoms. The van der Waals surface area contributed by atoms with Crippen molar-refractivity contribution in [2.45, 2.75) is 6.92 Å². The summed E-state index contributed by atoms with van der Waals surface area (Å²) < 4.78 is 16.6. The minimum absolute atomic E-state index is 0.288. The third-order valence-corrected chi connectivity index (χ3v) is 5.17. The van der Waals surface area contributed by atoms with Crippen LogP contribution in [-0.4, -0.2) is 55.4 Å². The second-order valence-electron chi connectivity index (χ2n) is 7.11. The van der Waals surface area contributed by atoms with Gasteiger partial charge in [-0.3, -0.25) is 0 Å². The molecule has 30 heavy (non-hydrogen) atoms. The molecular formula is C22H22N4O4. The summed E-state index contributed by atoms with van der Waals surface area (Å²) in [5, 5.41) is 0.885. The minimum atomic E-state index is -0.441. The number of anilines is 2. The lowest BCUT2D eigenvalue weighted by atomic mass is 10.1. The molecule has 0 saturated carbocycles. The van der Waals surface area contributed by atoms with E-state index in [1.54, 1.807) is 6.92 Å². The van der Waals surface area contributed by atoms with Gasteiger partial charge >= 0.3 is 5.97 Å². The summed E-state index contributed by atoms with van der Waals surface area (Å²) in [6, 6.07) is 6.33. The van der Waals surface area contributed by atoms with Crippen LogP contribution >= 0.6 is 0 Å². The number of ether oxygens (including phenoxy) is 2. The van der Waals surface area contributed by atoms with E-state index in [9.17, 15) is 4.79 Å². The van der Waals surface area contributed by atoms with Crippen LogP contribution in [0.5, 0.6) is 0 Å². The van der Waals surface area contributed by atoms with E-state index in [-0.39, 0.29) is 12.3 Å². The Labute approximate surface area is 173 Å². The maximum atomic E-state index is 12.6. The van der Waals surface area contributed by atoms with Gasteiger partial charge in [0.2, 0.25) is 0 Å². The zero-order chi connectivity index (χ0) is 20.5. The van der Waals surface area contributed by atoms with Crippen molar-refractivity contribution in [2.24, 2.45) is 0 Å². The van der Waals surface area contributed by atoms with Gasteiger partial charge in [-0.2, -0.15) is 4.98 Å². The Bertz CT molecular complexity index is 1160. The first-order valence-corrected chi connectivity index (χ1v) is 10.1. The van der Waals surface area contributed by atoms with Gasteiger partial charge in [-0.25, -0.2) is 9.78 Å². The topological polar surface area (TPSA) is 80.9 Å². The molecule has 4 heterocycles. The number of oxazole rings is 1. The molecule has 2 aliphatic heterocycles. The summed E-state index contributed by atoms with van der Waals surface area (Å²) in [5.74, 6) is -0.441. The maximum absolute atomic E-state index is 12.6. The van der Waals surface area contributed by atoms with Crippen molar-refractivity contribution in [2.75, 3.05) is 49.3 Å². The van der Waals surface area contributed by atoms with Crippen LogP contribution in [0.1, 0.15) is 17.4 Å². The van der Waals surface area contributed by atoms with E-state index in [0.29, 0.717) is 42.6 Å². The van der Waals surface area contributed by atoms with Crippen LogP contribution in [0, 0.1) is 0 Å². The van der Waals surface area contributed by atoms with Gasteiger partial charge in [0, 0.05) is 37.3 Å². The first-order chi connectivity index (χ1) is 14.7. The normalized spacial score (nSPS) is 16.6. The van der Waals surface area contributed by atoms with Crippen molar-refractivity contribution >= 4 is 39.7 Å². The number of hydrogen-bond acceptors (Lipinski definition) is 8. The predicted octanol–water partition coefficient (Wildman–Crippen LogP) is 3.28. The van der Waals surface area contributed by atoms with E-state index < -0.39 is 5.97 Å². The van der Waals surface area contributed by atoms with Crippen LogP contribution in [0.25, 0.3) is 22.0 Å². The lowest BCUT2D eigenvalue weighted by molar-refractivity contribution is 0.0521. The first-order valence-electron chi connectivity index (χ1n) is 10.1. The molecule has 3 aromatic rings. The summed E-state index contributed by atoms with van der Waals surface area (Å²) in [6.45, 7) is 5.54. The first kappa shape index (κ1) is 18.6. The third-order valence-electron chi connectivity index (χ3n) is 5.17. The number of nitrogens with zero attached hydrogens (tertiary/aromatic N) is 4. The number of carbonyl (C=O) groups excluding carboxylic acids is 1. The highest BCUT2D eigenvalue weighted by molar-refractivity contribution is 6.01. The van der Waals surface area contributed by atoms with E-state index in [4.69, 9.17) is 13.9 Å². The number of allylic oxidation sites excluding steroid dienone is 2. The van der Waals surface area contributed by atoms with Gasteiger partial charge in [-0.05, 0) is 25.1 Å². The highest BCUT2D eigenvalue weighted by Gasteiger charge is 2.22. The van der Waals surface area contributed by atoms with Gasteiger partial charge in [0.05, 0.1) is 31.0 Å². The predicted molar refractivity (Wildman–Crippen MR) is 114 cm³/mol. The van der Waals surface area contributed by atoms with Gasteiger partial charge in [-0.1, -0.05) is 12.2 Å². The zero-order valence-electron chi connectivity index (χ0n) is 16.7. The van der Waals surface area contributed by atoms with Gasteiger partial charge in [-0.15, -0.1) is 0 Å². The maximum Gasteiger partial charge on any atom is 0.359 e. The van der Waals surface area contributed by atoms with E-state index in [0.717, 1.165) is 24.0 Å². The summed E-state index contributed by atoms with van der Waals surface area (Å²) >= 11 is 0. The van der Waals surface area contributed by atoms with Crippen molar-refractivity contribution in [3.8, 4) is 0 Å². The molecule has 0 radical (unpaired) electrons. The van der Waals surface area contributed by atoms with Crippen molar-refractivity contribution < 1.29 is 18.7 Å². The molecule has 5 rings (SSSR count). The van der Waals surface area contributed by atoms with Crippen molar-refractivity contribution in [1.29, 1.82) is 0 Å². The number of hydrogen-bond donors (Lipinski definition) is 0. The SMILES string of the molecule is CCOC(=O)c1nc2cc3oc(N4CCOCC4)nc3cc2cc1N1C=CC=CC1. The lowest BCUT2D eigenvalue weighted by Crippen LogP contribution is -2.36. The molecule has 0 unspecified atom stereocenters. The molecule has 2 aromatic heterocycles. The molecule has 0 N–H and O–H groups in total. The Kier molecular flexibility index (Phi) is 4.84. The summed E-state index contributed by atoms with van der Waals surface area (Å²) in [6.07, 6.45) is 7.85. The molecule has 0 atom stereocenters. The average molecular weight is 406 g/mol. The molecule has 154 valence electrons. The molecule has 1 fully saturated rings. The van der Waals surface area contributed by atoms with Crippen LogP contribution in [0.3, 0.4) is 0 Å². The molecule has 8 heteroatoms. The van der Waals surface area contributed by atoms with Crippen molar-refractivity contribution in [3.05, 3.63) is 48.3 Å². The van der Waals surface area contributed by atoms with Crippen LogP contribution in [-0.2, 0) is 9.47 Å². The molecule has 0 aliphatic carbocycles. The third kappa shape index (κ3) is 3.39. The average Bonchev–Trinajstić information content (AvgIpc) is 3.21. The number of morpholine rings is 1. The number of carbonyl (C=O) groups is 1. The molecule has 1 saturated heterocycles. The van der Waals surface area contributed by atoms with Crippen LogP contribution in [0.2, 0.25) is 0 Å². The quantitative estimate of drug-likeness (QED) is 0.611. The minimum Gasteiger partial charge on any atom is -0.461 e. The van der Waals surface area contributed by atoms with Gasteiger partial charge in [0.25, 0.3) is 6.01 Å². The van der Waals surface area contributed by atoms with E-state index >= 15 is 0 Å². The summed E-state index contributed by atoms with van der Waals surface area (Å²) in [4.78, 5) is 26.0. The lowest BCUT2D eigenvalue weighted by Gasteiger charge is -2.24. The van der Waals surface area contributed by atoms with Crippen molar-refractivity contribution in [1.82, 2.24) is 9.97 Å². The molecule has 0 spiro atoms. The smallest absolute Gasteiger partial charge is 0.359 e. The standard InChI is InChI=1S/C22H22N4O4/c1-2-29-21(27)20-18(25-6-4-3-5-7-25)13-15-12-17-19(14-16(15)23-20)30-22(24-17)26-8-10-28-11-9-26/h3-6,12-14H,2,7-11H2,1H3. The fraction of sp³-hybridized carbons (Fsp3) is 0.318. The number of pyridine rings is 1. The van der Waals surface area contributed by atoms with Gasteiger partial charge in [0.15, 0.2) is 11.3 Å². The van der Waals surface area contributed by atoms with E-state index in [1.165, 1.54) is 0 Å². The summed E-state index contributed by atoms with van der Waals surface area (Å²) in [5.41, 5.74) is 3.06. The van der Waals surface area contributed by atoms with Crippen LogP contribution < -0.4 is 9.80 Å². The number of benzene rings is 1. The Hall–Kier alpha value is -3.39. The molecular weight excluding hydrogens is 384 g/mol. The van der Waals surface area contributed by atoms with Crippen LogP contribution in [0.15, 0.2) is 47.0 Å².